The number of nitrogens with zero attached hydrogens (tertiary/aromatic N) is 1. The summed E-state index contributed by atoms with van der Waals surface area (Å²) in [5, 5.41) is 11.0. The number of sulfonamides is 1. The summed E-state index contributed by atoms with van der Waals surface area (Å²) in [5.41, 5.74) is 0.734. The first-order chi connectivity index (χ1) is 8.07. The van der Waals surface area contributed by atoms with Crippen LogP contribution in [-0.2, 0) is 16.6 Å². The van der Waals surface area contributed by atoms with Crippen molar-refractivity contribution in [3.05, 3.63) is 15.8 Å². The van der Waals surface area contributed by atoms with Crippen molar-refractivity contribution in [2.75, 3.05) is 24.6 Å². The highest BCUT2D eigenvalue weighted by molar-refractivity contribution is 7.99. The average molecular weight is 293 g/mol. The third kappa shape index (κ3) is 2.53. The summed E-state index contributed by atoms with van der Waals surface area (Å²) >= 11 is 3.08. The van der Waals surface area contributed by atoms with Gasteiger partial charge in [0.1, 0.15) is 4.90 Å². The van der Waals surface area contributed by atoms with Crippen LogP contribution < -0.4 is 0 Å². The van der Waals surface area contributed by atoms with Gasteiger partial charge >= 0.3 is 0 Å². The molecule has 0 bridgehead atoms. The van der Waals surface area contributed by atoms with Crippen LogP contribution in [0.2, 0.25) is 0 Å². The van der Waals surface area contributed by atoms with Gasteiger partial charge in [-0.05, 0) is 17.9 Å². The van der Waals surface area contributed by atoms with Gasteiger partial charge in [0, 0.05) is 24.6 Å². The molecule has 0 unspecified atom stereocenters. The van der Waals surface area contributed by atoms with E-state index in [1.54, 1.807) is 24.1 Å². The monoisotopic (exact) mass is 293 g/mol. The standard InChI is InChI=1S/C10H15NO3S3/c1-8-7-16-9(6-12)10(8)17(13,14)11-2-4-15-5-3-11/h7,12H,2-6H2,1H3. The lowest BCUT2D eigenvalue weighted by atomic mass is 10.3. The van der Waals surface area contributed by atoms with Crippen molar-refractivity contribution in [2.45, 2.75) is 18.4 Å². The molecule has 2 rings (SSSR count). The van der Waals surface area contributed by atoms with Crippen LogP contribution >= 0.6 is 23.1 Å². The molecule has 0 aliphatic carbocycles. The lowest BCUT2D eigenvalue weighted by Gasteiger charge is -2.26. The molecule has 1 aliphatic rings. The first kappa shape index (κ1) is 13.4. The molecule has 7 heteroatoms. The second kappa shape index (κ2) is 5.27. The number of thioether (sulfide) groups is 1. The first-order valence-electron chi connectivity index (χ1n) is 5.33. The maximum atomic E-state index is 12.5. The van der Waals surface area contributed by atoms with Crippen molar-refractivity contribution in [1.82, 2.24) is 4.31 Å². The molecule has 0 radical (unpaired) electrons. The van der Waals surface area contributed by atoms with Crippen molar-refractivity contribution in [2.24, 2.45) is 0 Å². The highest BCUT2D eigenvalue weighted by Gasteiger charge is 2.30. The van der Waals surface area contributed by atoms with E-state index < -0.39 is 10.0 Å². The van der Waals surface area contributed by atoms with E-state index in [9.17, 15) is 13.5 Å². The third-order valence-corrected chi connectivity index (χ3v) is 6.99. The molecule has 1 saturated heterocycles. The Bertz CT molecular complexity index is 489. The normalized spacial score (nSPS) is 18.5. The van der Waals surface area contributed by atoms with Crippen molar-refractivity contribution in [3.8, 4) is 0 Å². The maximum absolute atomic E-state index is 12.5. The summed E-state index contributed by atoms with van der Waals surface area (Å²) in [6, 6.07) is 0. The topological polar surface area (TPSA) is 57.6 Å². The summed E-state index contributed by atoms with van der Waals surface area (Å²) in [7, 11) is -3.42. The van der Waals surface area contributed by atoms with E-state index >= 15 is 0 Å². The second-order valence-electron chi connectivity index (χ2n) is 3.85. The van der Waals surface area contributed by atoms with Crippen LogP contribution in [0, 0.1) is 6.92 Å². The van der Waals surface area contributed by atoms with E-state index in [1.165, 1.54) is 15.6 Å². The molecule has 0 atom stereocenters. The Balaban J connectivity index is 2.39. The maximum Gasteiger partial charge on any atom is 0.244 e. The summed E-state index contributed by atoms with van der Waals surface area (Å²) < 4.78 is 26.4. The number of rotatable bonds is 3. The number of aliphatic hydroxyl groups excluding tert-OH is 1. The van der Waals surface area contributed by atoms with Crippen molar-refractivity contribution in [3.63, 3.8) is 0 Å². The van der Waals surface area contributed by atoms with E-state index in [-0.39, 0.29) is 6.61 Å². The van der Waals surface area contributed by atoms with Crippen LogP contribution in [0.5, 0.6) is 0 Å². The average Bonchev–Trinajstić information content (AvgIpc) is 2.72. The molecule has 1 aliphatic heterocycles. The Hall–Kier alpha value is -0.0800. The van der Waals surface area contributed by atoms with Crippen LogP contribution in [-0.4, -0.2) is 42.4 Å². The van der Waals surface area contributed by atoms with Gasteiger partial charge in [-0.15, -0.1) is 11.3 Å². The molecule has 1 aromatic rings. The second-order valence-corrected chi connectivity index (χ2v) is 7.91. The fourth-order valence-electron chi connectivity index (χ4n) is 1.86. The molecule has 0 amide bonds. The number of hydrogen-bond acceptors (Lipinski definition) is 5. The summed E-state index contributed by atoms with van der Waals surface area (Å²) in [4.78, 5) is 0.859. The van der Waals surface area contributed by atoms with E-state index in [0.29, 0.717) is 22.9 Å². The number of aliphatic hydroxyl groups is 1. The largest absolute Gasteiger partial charge is 0.391 e. The van der Waals surface area contributed by atoms with E-state index in [1.807, 2.05) is 0 Å². The fourth-order valence-corrected chi connectivity index (χ4v) is 6.05. The molecule has 1 fully saturated rings. The molecule has 1 aromatic heterocycles. The predicted molar refractivity (Wildman–Crippen MR) is 71.1 cm³/mol. The fraction of sp³-hybridized carbons (Fsp3) is 0.600. The first-order valence-corrected chi connectivity index (χ1v) is 8.80. The zero-order chi connectivity index (χ0) is 12.5. The lowest BCUT2D eigenvalue weighted by Crippen LogP contribution is -2.38. The molecular formula is C10H15NO3S3. The minimum Gasteiger partial charge on any atom is -0.391 e. The van der Waals surface area contributed by atoms with Gasteiger partial charge in [-0.1, -0.05) is 0 Å². The van der Waals surface area contributed by atoms with Crippen molar-refractivity contribution >= 4 is 33.1 Å². The molecule has 1 N–H and O–H groups in total. The van der Waals surface area contributed by atoms with Gasteiger partial charge in [0.05, 0.1) is 11.5 Å². The number of thiophene rings is 1. The zero-order valence-corrected chi connectivity index (χ0v) is 12.0. The van der Waals surface area contributed by atoms with Gasteiger partial charge in [0.15, 0.2) is 0 Å². The molecule has 2 heterocycles. The highest BCUT2D eigenvalue weighted by atomic mass is 32.2. The van der Waals surface area contributed by atoms with Gasteiger partial charge in [0.2, 0.25) is 10.0 Å². The Morgan fingerprint density at radius 3 is 2.65 bits per heavy atom. The van der Waals surface area contributed by atoms with Crippen molar-refractivity contribution in [1.29, 1.82) is 0 Å². The Morgan fingerprint density at radius 2 is 2.06 bits per heavy atom. The predicted octanol–water partition coefficient (Wildman–Crippen LogP) is 1.29. The molecule has 0 saturated carbocycles. The Kier molecular flexibility index (Phi) is 4.14. The quantitative estimate of drug-likeness (QED) is 0.912. The Morgan fingerprint density at radius 1 is 1.41 bits per heavy atom. The summed E-state index contributed by atoms with van der Waals surface area (Å²) in [6.07, 6.45) is 0. The van der Waals surface area contributed by atoms with Gasteiger partial charge in [-0.25, -0.2) is 8.42 Å². The smallest absolute Gasteiger partial charge is 0.244 e. The van der Waals surface area contributed by atoms with Crippen LogP contribution in [0.25, 0.3) is 0 Å². The van der Waals surface area contributed by atoms with E-state index in [0.717, 1.165) is 17.1 Å². The molecule has 4 nitrogen and oxygen atoms in total. The van der Waals surface area contributed by atoms with Crippen LogP contribution in [0.1, 0.15) is 10.4 Å². The lowest BCUT2D eigenvalue weighted by molar-refractivity contribution is 0.282. The molecule has 0 spiro atoms. The van der Waals surface area contributed by atoms with Gasteiger partial charge < -0.3 is 5.11 Å². The van der Waals surface area contributed by atoms with Gasteiger partial charge in [-0.2, -0.15) is 16.1 Å². The highest BCUT2D eigenvalue weighted by Crippen LogP contribution is 2.30. The van der Waals surface area contributed by atoms with E-state index in [2.05, 4.69) is 0 Å². The van der Waals surface area contributed by atoms with Gasteiger partial charge in [0.25, 0.3) is 0 Å². The molecule has 96 valence electrons. The van der Waals surface area contributed by atoms with Crippen LogP contribution in [0.4, 0.5) is 0 Å². The van der Waals surface area contributed by atoms with Crippen LogP contribution in [0.3, 0.4) is 0 Å². The minimum atomic E-state index is -3.42. The molecular weight excluding hydrogens is 278 g/mol. The number of aryl methyl sites for hydroxylation is 1. The van der Waals surface area contributed by atoms with Gasteiger partial charge in [-0.3, -0.25) is 0 Å². The summed E-state index contributed by atoms with van der Waals surface area (Å²) in [6.45, 7) is 2.69. The molecule has 17 heavy (non-hydrogen) atoms. The summed E-state index contributed by atoms with van der Waals surface area (Å²) in [5.74, 6) is 1.69. The SMILES string of the molecule is Cc1csc(CO)c1S(=O)(=O)N1CCSCC1. The zero-order valence-electron chi connectivity index (χ0n) is 9.55. The molecule has 0 aromatic carbocycles. The third-order valence-electron chi connectivity index (χ3n) is 2.70. The van der Waals surface area contributed by atoms with E-state index in [4.69, 9.17) is 0 Å². The van der Waals surface area contributed by atoms with Crippen molar-refractivity contribution < 1.29 is 13.5 Å². The minimum absolute atomic E-state index is 0.213. The number of hydrogen-bond donors (Lipinski definition) is 1. The Labute approximate surface area is 110 Å². The van der Waals surface area contributed by atoms with Crippen LogP contribution in [0.15, 0.2) is 10.3 Å².